The van der Waals surface area contributed by atoms with Crippen molar-refractivity contribution in [2.24, 2.45) is 0 Å². The third kappa shape index (κ3) is 4.11. The molecule has 7 heteroatoms. The van der Waals surface area contributed by atoms with Crippen LogP contribution in [0.5, 0.6) is 0 Å². The summed E-state index contributed by atoms with van der Waals surface area (Å²) in [6.07, 6.45) is 3.68. The summed E-state index contributed by atoms with van der Waals surface area (Å²) in [6, 6.07) is 22.6. The number of hydrogen-bond acceptors (Lipinski definition) is 4. The molecule has 0 aliphatic heterocycles. The molecular formula is C25H17N3O4. The van der Waals surface area contributed by atoms with Crippen molar-refractivity contribution in [1.82, 2.24) is 4.57 Å². The van der Waals surface area contributed by atoms with Crippen molar-refractivity contribution < 1.29 is 14.8 Å². The fourth-order valence-corrected chi connectivity index (χ4v) is 3.62. The van der Waals surface area contributed by atoms with E-state index in [-0.39, 0.29) is 11.3 Å². The zero-order valence-corrected chi connectivity index (χ0v) is 16.8. The SMILES string of the molecule is N#C/C(=C/c1cn(Cc2cccc(C(=O)O)c2)c2ccccc12)c1ccc([N+](=O)[O-])cc1. The molecule has 0 radical (unpaired) electrons. The molecule has 0 spiro atoms. The van der Waals surface area contributed by atoms with Crippen molar-refractivity contribution in [2.45, 2.75) is 6.54 Å². The summed E-state index contributed by atoms with van der Waals surface area (Å²) in [5, 5.41) is 30.8. The minimum Gasteiger partial charge on any atom is -0.478 e. The van der Waals surface area contributed by atoms with Crippen LogP contribution in [0.2, 0.25) is 0 Å². The van der Waals surface area contributed by atoms with Crippen LogP contribution in [0.15, 0.2) is 79.0 Å². The van der Waals surface area contributed by atoms with Crippen molar-refractivity contribution in [3.05, 3.63) is 111 Å². The molecule has 156 valence electrons. The lowest BCUT2D eigenvalue weighted by atomic mass is 10.0. The lowest BCUT2D eigenvalue weighted by Crippen LogP contribution is -2.01. The first-order valence-corrected chi connectivity index (χ1v) is 9.73. The van der Waals surface area contributed by atoms with E-state index in [2.05, 4.69) is 6.07 Å². The molecule has 0 aliphatic rings. The maximum atomic E-state index is 11.3. The van der Waals surface area contributed by atoms with E-state index in [1.165, 1.54) is 12.1 Å². The van der Waals surface area contributed by atoms with Crippen molar-refractivity contribution >= 4 is 34.2 Å². The molecule has 1 aromatic heterocycles. The lowest BCUT2D eigenvalue weighted by Gasteiger charge is -2.06. The van der Waals surface area contributed by atoms with Crippen LogP contribution in [0.25, 0.3) is 22.6 Å². The van der Waals surface area contributed by atoms with Crippen LogP contribution in [0.1, 0.15) is 27.0 Å². The zero-order chi connectivity index (χ0) is 22.7. The van der Waals surface area contributed by atoms with Gasteiger partial charge in [0.2, 0.25) is 0 Å². The van der Waals surface area contributed by atoms with E-state index in [0.717, 1.165) is 22.0 Å². The van der Waals surface area contributed by atoms with Crippen LogP contribution in [-0.2, 0) is 6.54 Å². The van der Waals surface area contributed by atoms with Gasteiger partial charge in [-0.25, -0.2) is 4.79 Å². The molecule has 0 aliphatic carbocycles. The quantitative estimate of drug-likeness (QED) is 0.255. The first-order chi connectivity index (χ1) is 15.5. The molecule has 7 nitrogen and oxygen atoms in total. The van der Waals surface area contributed by atoms with Crippen molar-refractivity contribution in [2.75, 3.05) is 0 Å². The zero-order valence-electron chi connectivity index (χ0n) is 16.8. The Morgan fingerprint density at radius 1 is 1.06 bits per heavy atom. The summed E-state index contributed by atoms with van der Waals surface area (Å²) in [6.45, 7) is 0.467. The molecule has 0 fully saturated rings. The Morgan fingerprint density at radius 3 is 2.50 bits per heavy atom. The summed E-state index contributed by atoms with van der Waals surface area (Å²) < 4.78 is 2.01. The Labute approximate surface area is 183 Å². The summed E-state index contributed by atoms with van der Waals surface area (Å²) in [7, 11) is 0. The molecule has 0 bridgehead atoms. The van der Waals surface area contributed by atoms with Gasteiger partial charge in [-0.1, -0.05) is 30.3 Å². The maximum Gasteiger partial charge on any atom is 0.335 e. The summed E-state index contributed by atoms with van der Waals surface area (Å²) in [5.74, 6) is -0.977. The van der Waals surface area contributed by atoms with Gasteiger partial charge in [-0.2, -0.15) is 5.26 Å². The number of nitrogens with zero attached hydrogens (tertiary/aromatic N) is 3. The van der Waals surface area contributed by atoms with E-state index in [0.29, 0.717) is 17.7 Å². The van der Waals surface area contributed by atoms with Crippen molar-refractivity contribution in [3.8, 4) is 6.07 Å². The Balaban J connectivity index is 1.75. The number of nitro benzene ring substituents is 1. The number of benzene rings is 3. The second kappa shape index (κ2) is 8.58. The molecule has 1 N–H and O–H groups in total. The number of aromatic carboxylic acids is 1. The number of para-hydroxylation sites is 1. The second-order valence-electron chi connectivity index (χ2n) is 7.21. The molecule has 0 saturated carbocycles. The van der Waals surface area contributed by atoms with E-state index in [1.54, 1.807) is 36.4 Å². The number of carboxylic acids is 1. The monoisotopic (exact) mass is 423 g/mol. The van der Waals surface area contributed by atoms with E-state index < -0.39 is 10.9 Å². The predicted octanol–water partition coefficient (Wildman–Crippen LogP) is 5.36. The molecule has 4 rings (SSSR count). The number of allylic oxidation sites excluding steroid dienone is 1. The normalized spacial score (nSPS) is 11.3. The molecule has 0 saturated heterocycles. The first kappa shape index (κ1) is 20.6. The summed E-state index contributed by atoms with van der Waals surface area (Å²) in [5.41, 5.74) is 3.78. The number of nitro groups is 1. The number of fused-ring (bicyclic) bond motifs is 1. The van der Waals surface area contributed by atoms with Gasteiger partial charge in [0.1, 0.15) is 0 Å². The summed E-state index contributed by atoms with van der Waals surface area (Å²) in [4.78, 5) is 21.7. The molecule has 0 atom stereocenters. The van der Waals surface area contributed by atoms with Gasteiger partial charge in [-0.05, 0) is 47.5 Å². The minimum atomic E-state index is -0.977. The Hall–Kier alpha value is -4.70. The van der Waals surface area contributed by atoms with Gasteiger partial charge in [-0.3, -0.25) is 10.1 Å². The predicted molar refractivity (Wildman–Crippen MR) is 121 cm³/mol. The molecular weight excluding hydrogens is 406 g/mol. The number of carboxylic acid groups (broad SMARTS) is 1. The van der Waals surface area contributed by atoms with Gasteiger partial charge in [0.25, 0.3) is 5.69 Å². The number of nitriles is 1. The van der Waals surface area contributed by atoms with Crippen molar-refractivity contribution in [3.63, 3.8) is 0 Å². The number of aromatic nitrogens is 1. The van der Waals surface area contributed by atoms with Gasteiger partial charge in [0.15, 0.2) is 0 Å². The molecule has 32 heavy (non-hydrogen) atoms. The van der Waals surface area contributed by atoms with Crippen LogP contribution in [0, 0.1) is 21.4 Å². The minimum absolute atomic E-state index is 0.0359. The number of rotatable bonds is 6. The Bertz CT molecular complexity index is 1410. The van der Waals surface area contributed by atoms with Gasteiger partial charge < -0.3 is 9.67 Å². The van der Waals surface area contributed by atoms with Gasteiger partial charge in [0, 0.05) is 41.3 Å². The van der Waals surface area contributed by atoms with E-state index >= 15 is 0 Å². The van der Waals surface area contributed by atoms with E-state index in [9.17, 15) is 25.3 Å². The Morgan fingerprint density at radius 2 is 1.81 bits per heavy atom. The average molecular weight is 423 g/mol. The first-order valence-electron chi connectivity index (χ1n) is 9.73. The Kier molecular flexibility index (Phi) is 5.51. The van der Waals surface area contributed by atoms with Crippen LogP contribution < -0.4 is 0 Å². The topological polar surface area (TPSA) is 109 Å². The highest BCUT2D eigenvalue weighted by Crippen LogP contribution is 2.27. The van der Waals surface area contributed by atoms with Crippen LogP contribution in [-0.4, -0.2) is 20.6 Å². The van der Waals surface area contributed by atoms with Gasteiger partial charge in [-0.15, -0.1) is 0 Å². The fourth-order valence-electron chi connectivity index (χ4n) is 3.62. The largest absolute Gasteiger partial charge is 0.478 e. The second-order valence-corrected chi connectivity index (χ2v) is 7.21. The number of hydrogen-bond donors (Lipinski definition) is 1. The third-order valence-corrected chi connectivity index (χ3v) is 5.16. The molecule has 0 amide bonds. The number of non-ortho nitro benzene ring substituents is 1. The average Bonchev–Trinajstić information content (AvgIpc) is 3.15. The summed E-state index contributed by atoms with van der Waals surface area (Å²) >= 11 is 0. The number of carbonyl (C=O) groups is 1. The lowest BCUT2D eigenvalue weighted by molar-refractivity contribution is -0.384. The molecule has 0 unspecified atom stereocenters. The van der Waals surface area contributed by atoms with Crippen molar-refractivity contribution in [1.29, 1.82) is 5.26 Å². The highest BCUT2D eigenvalue weighted by Gasteiger charge is 2.11. The maximum absolute atomic E-state index is 11.3. The highest BCUT2D eigenvalue weighted by molar-refractivity contribution is 5.98. The molecule has 4 aromatic rings. The van der Waals surface area contributed by atoms with Crippen LogP contribution in [0.4, 0.5) is 5.69 Å². The standard InChI is InChI=1S/C25H17N3O4/c26-14-20(18-8-10-22(11-9-18)28(31)32)13-21-16-27(24-7-2-1-6-23(21)24)15-17-4-3-5-19(12-17)25(29)30/h1-13,16H,15H2,(H,29,30)/b20-13-. The smallest absolute Gasteiger partial charge is 0.335 e. The highest BCUT2D eigenvalue weighted by atomic mass is 16.6. The third-order valence-electron chi connectivity index (χ3n) is 5.16. The van der Waals surface area contributed by atoms with E-state index in [1.807, 2.05) is 41.1 Å². The molecule has 3 aromatic carbocycles. The fraction of sp³-hybridized carbons (Fsp3) is 0.0400. The van der Waals surface area contributed by atoms with Crippen LogP contribution in [0.3, 0.4) is 0 Å². The van der Waals surface area contributed by atoms with Gasteiger partial charge >= 0.3 is 5.97 Å². The van der Waals surface area contributed by atoms with Gasteiger partial charge in [0.05, 0.1) is 22.1 Å². The van der Waals surface area contributed by atoms with Crippen LogP contribution >= 0.6 is 0 Å². The van der Waals surface area contributed by atoms with E-state index in [4.69, 9.17) is 0 Å². The molecule has 1 heterocycles.